The molecule has 3 rings (SSSR count). The van der Waals surface area contributed by atoms with Gasteiger partial charge in [-0.05, 0) is 30.9 Å². The van der Waals surface area contributed by atoms with Gasteiger partial charge in [-0.3, -0.25) is 4.79 Å². The van der Waals surface area contributed by atoms with E-state index in [1.807, 2.05) is 13.0 Å². The van der Waals surface area contributed by atoms with Crippen LogP contribution in [0, 0.1) is 17.8 Å². The highest BCUT2D eigenvalue weighted by Gasteiger charge is 2.53. The zero-order chi connectivity index (χ0) is 12.0. The highest BCUT2D eigenvalue weighted by molar-refractivity contribution is 5.98. The van der Waals surface area contributed by atoms with Crippen LogP contribution in [-0.4, -0.2) is 24.8 Å². The lowest BCUT2D eigenvalue weighted by Gasteiger charge is -2.44. The van der Waals surface area contributed by atoms with Gasteiger partial charge in [-0.1, -0.05) is 19.1 Å². The number of hydrogen-bond acceptors (Lipinski definition) is 3. The van der Waals surface area contributed by atoms with Crippen LogP contribution in [-0.2, 0) is 14.3 Å². The van der Waals surface area contributed by atoms with Crippen molar-refractivity contribution in [1.82, 2.24) is 0 Å². The topological polar surface area (TPSA) is 35.5 Å². The van der Waals surface area contributed by atoms with Gasteiger partial charge in [0.05, 0.1) is 13.2 Å². The molecule has 1 spiro atoms. The van der Waals surface area contributed by atoms with Crippen molar-refractivity contribution in [2.24, 2.45) is 17.8 Å². The van der Waals surface area contributed by atoms with Crippen molar-refractivity contribution in [2.75, 3.05) is 13.2 Å². The first kappa shape index (κ1) is 11.2. The Hall–Kier alpha value is -0.930. The highest BCUT2D eigenvalue weighted by Crippen LogP contribution is 2.47. The second-order valence-electron chi connectivity index (χ2n) is 5.27. The Labute approximate surface area is 101 Å². The number of ether oxygens (including phenoxy) is 2. The van der Waals surface area contributed by atoms with Gasteiger partial charge in [0.25, 0.3) is 0 Å². The van der Waals surface area contributed by atoms with E-state index >= 15 is 0 Å². The Balaban J connectivity index is 2.06. The molecule has 0 amide bonds. The summed E-state index contributed by atoms with van der Waals surface area (Å²) in [5.74, 6) is 0.0530. The van der Waals surface area contributed by atoms with E-state index in [9.17, 15) is 4.79 Å². The smallest absolute Gasteiger partial charge is 0.192 e. The van der Waals surface area contributed by atoms with Crippen molar-refractivity contribution >= 4 is 5.78 Å². The molecule has 0 aromatic carbocycles. The van der Waals surface area contributed by atoms with Crippen LogP contribution < -0.4 is 0 Å². The Morgan fingerprint density at radius 3 is 2.76 bits per heavy atom. The fraction of sp³-hybridized carbons (Fsp3) is 0.643. The quantitative estimate of drug-likeness (QED) is 0.602. The summed E-state index contributed by atoms with van der Waals surface area (Å²) in [4.78, 5) is 12.3. The predicted molar refractivity (Wildman–Crippen MR) is 63.3 cm³/mol. The Morgan fingerprint density at radius 1 is 1.35 bits per heavy atom. The first-order chi connectivity index (χ1) is 8.14. The van der Waals surface area contributed by atoms with Crippen LogP contribution in [0.1, 0.15) is 20.3 Å². The van der Waals surface area contributed by atoms with Crippen LogP contribution in [0.3, 0.4) is 0 Å². The Bertz CT molecular complexity index is 402. The highest BCUT2D eigenvalue weighted by atomic mass is 16.7. The summed E-state index contributed by atoms with van der Waals surface area (Å²) in [6.07, 6.45) is 7.06. The monoisotopic (exact) mass is 234 g/mol. The molecule has 0 unspecified atom stereocenters. The van der Waals surface area contributed by atoms with E-state index in [-0.39, 0.29) is 23.5 Å². The Kier molecular flexibility index (Phi) is 2.49. The van der Waals surface area contributed by atoms with Gasteiger partial charge >= 0.3 is 0 Å². The molecule has 3 heteroatoms. The second-order valence-corrected chi connectivity index (χ2v) is 5.27. The predicted octanol–water partition coefficient (Wildman–Crippen LogP) is 2.09. The van der Waals surface area contributed by atoms with E-state index in [0.29, 0.717) is 13.2 Å². The summed E-state index contributed by atoms with van der Waals surface area (Å²) in [6, 6.07) is 0. The largest absolute Gasteiger partial charge is 0.344 e. The fourth-order valence-corrected chi connectivity index (χ4v) is 3.39. The molecule has 3 nitrogen and oxygen atoms in total. The molecule has 1 heterocycles. The summed E-state index contributed by atoms with van der Waals surface area (Å²) in [5, 5.41) is 0. The number of Topliss-reactive ketones (excluding diaryl/α,β-unsaturated/α-hetero) is 1. The molecule has 3 aliphatic rings. The molecule has 0 aromatic rings. The van der Waals surface area contributed by atoms with Gasteiger partial charge in [-0.15, -0.1) is 0 Å². The van der Waals surface area contributed by atoms with E-state index in [1.54, 1.807) is 0 Å². The number of ketones is 1. The molecule has 0 bridgehead atoms. The molecule has 1 aliphatic heterocycles. The van der Waals surface area contributed by atoms with Crippen molar-refractivity contribution in [3.05, 3.63) is 23.8 Å². The Morgan fingerprint density at radius 2 is 2.06 bits per heavy atom. The second kappa shape index (κ2) is 3.79. The summed E-state index contributed by atoms with van der Waals surface area (Å²) in [7, 11) is 0. The first-order valence-electron chi connectivity index (χ1n) is 6.32. The molecule has 0 aromatic heterocycles. The summed E-state index contributed by atoms with van der Waals surface area (Å²) in [5.41, 5.74) is 0.787. The van der Waals surface area contributed by atoms with Crippen molar-refractivity contribution < 1.29 is 14.3 Å². The molecule has 0 N–H and O–H groups in total. The van der Waals surface area contributed by atoms with Crippen molar-refractivity contribution in [3.8, 4) is 0 Å². The van der Waals surface area contributed by atoms with Gasteiger partial charge in [0.1, 0.15) is 0 Å². The fourth-order valence-electron chi connectivity index (χ4n) is 3.39. The molecular weight excluding hydrogens is 216 g/mol. The van der Waals surface area contributed by atoms with Crippen LogP contribution in [0.5, 0.6) is 0 Å². The summed E-state index contributed by atoms with van der Waals surface area (Å²) < 4.78 is 11.7. The normalized spacial score (nSPS) is 39.3. The number of carbonyl (C=O) groups excluding carboxylic acids is 1. The maximum Gasteiger partial charge on any atom is 0.192 e. The van der Waals surface area contributed by atoms with Gasteiger partial charge in [0, 0.05) is 11.8 Å². The molecule has 1 saturated heterocycles. The number of rotatable bonds is 0. The summed E-state index contributed by atoms with van der Waals surface area (Å²) in [6.45, 7) is 5.22. The van der Waals surface area contributed by atoms with Crippen LogP contribution in [0.2, 0.25) is 0 Å². The van der Waals surface area contributed by atoms with E-state index < -0.39 is 5.79 Å². The van der Waals surface area contributed by atoms with Gasteiger partial charge in [0.15, 0.2) is 11.6 Å². The van der Waals surface area contributed by atoms with Crippen molar-refractivity contribution in [1.29, 1.82) is 0 Å². The SMILES string of the molecule is CC1=CC2(OCCO2)[C@@H]2CC=C[C@H](C)[C@H]2C1=O. The zero-order valence-corrected chi connectivity index (χ0v) is 10.3. The first-order valence-corrected chi connectivity index (χ1v) is 6.32. The van der Waals surface area contributed by atoms with Crippen LogP contribution >= 0.6 is 0 Å². The zero-order valence-electron chi connectivity index (χ0n) is 10.3. The average molecular weight is 234 g/mol. The molecule has 17 heavy (non-hydrogen) atoms. The number of hydrogen-bond donors (Lipinski definition) is 0. The number of fused-ring (bicyclic) bond motifs is 2. The average Bonchev–Trinajstić information content (AvgIpc) is 2.75. The van der Waals surface area contributed by atoms with Crippen LogP contribution in [0.25, 0.3) is 0 Å². The van der Waals surface area contributed by atoms with Crippen molar-refractivity contribution in [2.45, 2.75) is 26.1 Å². The van der Waals surface area contributed by atoms with Gasteiger partial charge in [-0.25, -0.2) is 0 Å². The molecule has 1 fully saturated rings. The molecule has 92 valence electrons. The minimum Gasteiger partial charge on any atom is -0.344 e. The van der Waals surface area contributed by atoms with E-state index in [0.717, 1.165) is 12.0 Å². The lowest BCUT2D eigenvalue weighted by molar-refractivity contribution is -0.182. The van der Waals surface area contributed by atoms with Gasteiger partial charge in [0.2, 0.25) is 0 Å². The lowest BCUT2D eigenvalue weighted by Crippen LogP contribution is -2.50. The molecule has 3 atom stereocenters. The third kappa shape index (κ3) is 1.53. The van der Waals surface area contributed by atoms with E-state index in [4.69, 9.17) is 9.47 Å². The minimum absolute atomic E-state index is 0.0168. The van der Waals surface area contributed by atoms with E-state index in [1.165, 1.54) is 0 Å². The third-order valence-electron chi connectivity index (χ3n) is 4.19. The van der Waals surface area contributed by atoms with Crippen LogP contribution in [0.4, 0.5) is 0 Å². The van der Waals surface area contributed by atoms with Crippen molar-refractivity contribution in [3.63, 3.8) is 0 Å². The molecular formula is C14H18O3. The maximum absolute atomic E-state index is 12.3. The summed E-state index contributed by atoms with van der Waals surface area (Å²) >= 11 is 0. The maximum atomic E-state index is 12.3. The molecule has 2 aliphatic carbocycles. The van der Waals surface area contributed by atoms with Gasteiger partial charge in [-0.2, -0.15) is 0 Å². The van der Waals surface area contributed by atoms with E-state index in [2.05, 4.69) is 19.1 Å². The standard InChI is InChI=1S/C14H18O3/c1-9-4-3-5-11-12(9)13(15)10(2)8-14(11)16-6-7-17-14/h3-4,8-9,11-12H,5-7H2,1-2H3/t9-,11+,12+/m0/s1. The molecule has 0 radical (unpaired) electrons. The lowest BCUT2D eigenvalue weighted by atomic mass is 9.66. The van der Waals surface area contributed by atoms with Gasteiger partial charge < -0.3 is 9.47 Å². The minimum atomic E-state index is -0.637. The molecule has 0 saturated carbocycles. The number of carbonyl (C=O) groups is 1. The third-order valence-corrected chi connectivity index (χ3v) is 4.19. The van der Waals surface area contributed by atoms with Crippen LogP contribution in [0.15, 0.2) is 23.8 Å². The number of allylic oxidation sites excluding steroid dienone is 3.